The molecule has 2 heterocycles. The molecule has 5 rings (SSSR count). The number of Topliss-reactive ketones (excluding diaryl/α,β-unsaturated/α-hetero) is 1. The van der Waals surface area contributed by atoms with E-state index in [1.165, 1.54) is 0 Å². The van der Waals surface area contributed by atoms with E-state index in [0.717, 1.165) is 27.4 Å². The van der Waals surface area contributed by atoms with Crippen molar-refractivity contribution in [2.24, 2.45) is 0 Å². The average molecular weight is 516 g/mol. The fourth-order valence-corrected chi connectivity index (χ4v) is 6.04. The number of rotatable bonds is 7. The molecule has 0 spiro atoms. The Morgan fingerprint density at radius 1 is 1.00 bits per heavy atom. The molecule has 1 aromatic heterocycles. The fraction of sp³-hybridized carbons (Fsp3) is 0.267. The van der Waals surface area contributed by atoms with Gasteiger partial charge in [-0.25, -0.2) is 4.79 Å². The lowest BCUT2D eigenvalue weighted by Crippen LogP contribution is -2.35. The van der Waals surface area contributed by atoms with E-state index in [1.54, 1.807) is 25.6 Å². The van der Waals surface area contributed by atoms with Crippen molar-refractivity contribution in [1.29, 1.82) is 0 Å². The number of nitrogens with one attached hydrogen (secondary N) is 1. The summed E-state index contributed by atoms with van der Waals surface area (Å²) in [4.78, 5) is 28.1. The number of carbonyl (C=O) groups is 2. The van der Waals surface area contributed by atoms with E-state index in [1.807, 2.05) is 73.0 Å². The van der Waals surface area contributed by atoms with Crippen molar-refractivity contribution in [2.45, 2.75) is 38.2 Å². The van der Waals surface area contributed by atoms with Crippen LogP contribution >= 0.6 is 11.3 Å². The molecule has 2 aromatic carbocycles. The standard InChI is InChI=1S/C30H29NO5S/c1-18-27(30(33)36-17-19-8-5-4-6-9-19)29(26-10-7-13-37-26)28-22(31-18)14-21(15-23(28)32)20-11-12-24(34-2)25(16-20)35-3/h4-13,16,21,29,31H,14-15,17H2,1-3H3/t21-,29+/m0/s1. The van der Waals surface area contributed by atoms with E-state index in [2.05, 4.69) is 5.32 Å². The molecule has 0 saturated carbocycles. The van der Waals surface area contributed by atoms with Crippen molar-refractivity contribution in [3.8, 4) is 11.5 Å². The zero-order chi connectivity index (χ0) is 25.9. The smallest absolute Gasteiger partial charge is 0.337 e. The summed E-state index contributed by atoms with van der Waals surface area (Å²) in [6.45, 7) is 2.06. The predicted octanol–water partition coefficient (Wildman–Crippen LogP) is 5.87. The van der Waals surface area contributed by atoms with Gasteiger partial charge in [0.1, 0.15) is 6.61 Å². The van der Waals surface area contributed by atoms with Crippen LogP contribution in [0.15, 0.2) is 88.6 Å². The van der Waals surface area contributed by atoms with Gasteiger partial charge in [-0.05, 0) is 54.0 Å². The van der Waals surface area contributed by atoms with Gasteiger partial charge >= 0.3 is 5.97 Å². The van der Waals surface area contributed by atoms with Crippen LogP contribution < -0.4 is 14.8 Å². The molecule has 7 heteroatoms. The molecule has 37 heavy (non-hydrogen) atoms. The number of ketones is 1. The van der Waals surface area contributed by atoms with Crippen LogP contribution in [0.3, 0.4) is 0 Å². The average Bonchev–Trinajstić information content (AvgIpc) is 3.46. The van der Waals surface area contributed by atoms with Crippen LogP contribution in [0.1, 0.15) is 47.6 Å². The Morgan fingerprint density at radius 3 is 2.49 bits per heavy atom. The maximum Gasteiger partial charge on any atom is 0.337 e. The molecule has 1 aliphatic heterocycles. The Labute approximate surface area is 220 Å². The Morgan fingerprint density at radius 2 is 1.78 bits per heavy atom. The number of esters is 1. The van der Waals surface area contributed by atoms with Crippen molar-refractivity contribution in [3.05, 3.63) is 105 Å². The molecule has 2 aliphatic rings. The number of benzene rings is 2. The zero-order valence-electron chi connectivity index (χ0n) is 21.1. The number of carbonyl (C=O) groups excluding carboxylic acids is 2. The second kappa shape index (κ2) is 10.6. The first-order valence-corrected chi connectivity index (χ1v) is 13.1. The highest BCUT2D eigenvalue weighted by Crippen LogP contribution is 2.47. The van der Waals surface area contributed by atoms with E-state index >= 15 is 0 Å². The van der Waals surface area contributed by atoms with E-state index in [0.29, 0.717) is 35.5 Å². The van der Waals surface area contributed by atoms with E-state index in [-0.39, 0.29) is 18.3 Å². The summed E-state index contributed by atoms with van der Waals surface area (Å²) in [5.74, 6) is 0.459. The summed E-state index contributed by atoms with van der Waals surface area (Å²) in [6.07, 6.45) is 1.01. The van der Waals surface area contributed by atoms with Gasteiger partial charge in [0.05, 0.1) is 25.7 Å². The molecule has 0 amide bonds. The normalized spacial score (nSPS) is 19.3. The van der Waals surface area contributed by atoms with E-state index < -0.39 is 11.9 Å². The Hall–Kier alpha value is -3.84. The summed E-state index contributed by atoms with van der Waals surface area (Å²) < 4.78 is 16.6. The third-order valence-corrected chi connectivity index (χ3v) is 7.90. The van der Waals surface area contributed by atoms with Gasteiger partial charge in [-0.15, -0.1) is 11.3 Å². The second-order valence-corrected chi connectivity index (χ2v) is 10.2. The van der Waals surface area contributed by atoms with Gasteiger partial charge in [0, 0.05) is 28.3 Å². The van der Waals surface area contributed by atoms with Crippen LogP contribution in [0, 0.1) is 0 Å². The van der Waals surface area contributed by atoms with Crippen molar-refractivity contribution >= 4 is 23.1 Å². The quantitative estimate of drug-likeness (QED) is 0.397. The van der Waals surface area contributed by atoms with Gasteiger partial charge in [-0.2, -0.15) is 0 Å². The highest BCUT2D eigenvalue weighted by molar-refractivity contribution is 7.10. The minimum atomic E-state index is -0.446. The lowest BCUT2D eigenvalue weighted by Gasteiger charge is -2.36. The lowest BCUT2D eigenvalue weighted by atomic mass is 9.73. The second-order valence-electron chi connectivity index (χ2n) is 9.21. The van der Waals surface area contributed by atoms with Crippen LogP contribution in [0.4, 0.5) is 0 Å². The summed E-state index contributed by atoms with van der Waals surface area (Å²) in [7, 11) is 3.21. The highest BCUT2D eigenvalue weighted by atomic mass is 32.1. The molecule has 0 radical (unpaired) electrons. The first-order chi connectivity index (χ1) is 18.0. The number of allylic oxidation sites excluding steroid dienone is 3. The molecule has 2 atom stereocenters. The Bertz CT molecular complexity index is 1370. The van der Waals surface area contributed by atoms with Crippen LogP contribution in [-0.2, 0) is 20.9 Å². The first-order valence-electron chi connectivity index (χ1n) is 12.2. The van der Waals surface area contributed by atoms with Crippen LogP contribution in [-0.4, -0.2) is 26.0 Å². The summed E-state index contributed by atoms with van der Waals surface area (Å²) in [6, 6.07) is 19.3. The fourth-order valence-electron chi connectivity index (χ4n) is 5.19. The van der Waals surface area contributed by atoms with Gasteiger partial charge in [0.15, 0.2) is 17.3 Å². The third kappa shape index (κ3) is 4.91. The zero-order valence-corrected chi connectivity index (χ0v) is 21.9. The van der Waals surface area contributed by atoms with Crippen molar-refractivity contribution in [3.63, 3.8) is 0 Å². The number of dihydropyridines is 1. The number of methoxy groups -OCH3 is 2. The molecule has 190 valence electrons. The maximum absolute atomic E-state index is 13.7. The predicted molar refractivity (Wildman–Crippen MR) is 143 cm³/mol. The molecule has 1 N–H and O–H groups in total. The minimum absolute atomic E-state index is 0.0121. The summed E-state index contributed by atoms with van der Waals surface area (Å²) in [5.41, 5.74) is 4.67. The maximum atomic E-state index is 13.7. The topological polar surface area (TPSA) is 73.9 Å². The Balaban J connectivity index is 1.46. The molecule has 6 nitrogen and oxygen atoms in total. The number of hydrogen-bond donors (Lipinski definition) is 1. The van der Waals surface area contributed by atoms with Crippen LogP contribution in [0.5, 0.6) is 11.5 Å². The van der Waals surface area contributed by atoms with Crippen LogP contribution in [0.2, 0.25) is 0 Å². The van der Waals surface area contributed by atoms with Crippen molar-refractivity contribution < 1.29 is 23.8 Å². The highest BCUT2D eigenvalue weighted by Gasteiger charge is 2.42. The molecule has 0 fully saturated rings. The van der Waals surface area contributed by atoms with Crippen molar-refractivity contribution in [2.75, 3.05) is 14.2 Å². The molecular formula is C30H29NO5S. The molecule has 0 bridgehead atoms. The molecular weight excluding hydrogens is 486 g/mol. The minimum Gasteiger partial charge on any atom is -0.493 e. The SMILES string of the molecule is COc1ccc([C@@H]2CC(=O)C3=C(C2)NC(C)=C(C(=O)OCc2ccccc2)[C@H]3c2cccs2)cc1OC. The Kier molecular flexibility index (Phi) is 7.15. The van der Waals surface area contributed by atoms with Gasteiger partial charge < -0.3 is 19.5 Å². The van der Waals surface area contributed by atoms with Crippen molar-refractivity contribution in [1.82, 2.24) is 5.32 Å². The van der Waals surface area contributed by atoms with E-state index in [9.17, 15) is 9.59 Å². The third-order valence-electron chi connectivity index (χ3n) is 6.97. The first kappa shape index (κ1) is 24.8. The monoisotopic (exact) mass is 515 g/mol. The lowest BCUT2D eigenvalue weighted by molar-refractivity contribution is -0.140. The molecule has 1 aliphatic carbocycles. The summed E-state index contributed by atoms with van der Waals surface area (Å²) in [5, 5.41) is 5.38. The van der Waals surface area contributed by atoms with Gasteiger partial charge in [0.25, 0.3) is 0 Å². The summed E-state index contributed by atoms with van der Waals surface area (Å²) >= 11 is 1.54. The number of thiophene rings is 1. The van der Waals surface area contributed by atoms with Gasteiger partial charge in [-0.3, -0.25) is 4.79 Å². The largest absolute Gasteiger partial charge is 0.493 e. The van der Waals surface area contributed by atoms with E-state index in [4.69, 9.17) is 14.2 Å². The number of ether oxygens (including phenoxy) is 3. The number of hydrogen-bond acceptors (Lipinski definition) is 7. The van der Waals surface area contributed by atoms with Crippen LogP contribution in [0.25, 0.3) is 0 Å². The molecule has 0 saturated heterocycles. The van der Waals surface area contributed by atoms with Gasteiger partial charge in [-0.1, -0.05) is 42.5 Å². The van der Waals surface area contributed by atoms with Gasteiger partial charge in [0.2, 0.25) is 0 Å². The molecule has 3 aromatic rings. The molecule has 0 unspecified atom stereocenters.